The van der Waals surface area contributed by atoms with E-state index < -0.39 is 11.7 Å². The number of amides is 1. The van der Waals surface area contributed by atoms with E-state index in [1.165, 1.54) is 18.2 Å². The molecule has 0 atom stereocenters. The average molecular weight is 207 g/mol. The van der Waals surface area contributed by atoms with Gasteiger partial charge in [-0.3, -0.25) is 4.79 Å². The van der Waals surface area contributed by atoms with Gasteiger partial charge in [0.05, 0.1) is 5.56 Å². The number of nitrogens with one attached hydrogen (secondary N) is 1. The van der Waals surface area contributed by atoms with Gasteiger partial charge in [-0.1, -0.05) is 12.1 Å². The van der Waals surface area contributed by atoms with Crippen molar-refractivity contribution in [2.45, 2.75) is 6.42 Å². The van der Waals surface area contributed by atoms with Gasteiger partial charge in [0.15, 0.2) is 11.5 Å². The molecule has 1 rings (SSSR count). The first kappa shape index (κ1) is 11.1. The number of benzene rings is 1. The molecule has 80 valence electrons. The van der Waals surface area contributed by atoms with Gasteiger partial charge in [-0.15, -0.1) is 6.58 Å². The topological polar surface area (TPSA) is 69.6 Å². The summed E-state index contributed by atoms with van der Waals surface area (Å²) in [6.45, 7) is 3.98. The Balaban J connectivity index is 2.73. The highest BCUT2D eigenvalue weighted by Crippen LogP contribution is 2.27. The zero-order chi connectivity index (χ0) is 11.3. The number of para-hydroxylation sites is 1. The quantitative estimate of drug-likeness (QED) is 0.397. The number of phenols is 2. The van der Waals surface area contributed by atoms with Gasteiger partial charge >= 0.3 is 0 Å². The SMILES string of the molecule is C=CCCNC(=O)c1cccc(O)c1O. The number of hydrogen-bond donors (Lipinski definition) is 3. The van der Waals surface area contributed by atoms with E-state index in [1.54, 1.807) is 6.08 Å². The van der Waals surface area contributed by atoms with Crippen LogP contribution in [0.15, 0.2) is 30.9 Å². The lowest BCUT2D eigenvalue weighted by atomic mass is 10.1. The van der Waals surface area contributed by atoms with Crippen LogP contribution in [0.3, 0.4) is 0 Å². The molecule has 0 aliphatic heterocycles. The van der Waals surface area contributed by atoms with Gasteiger partial charge in [0.25, 0.3) is 5.91 Å². The Morgan fingerprint density at radius 1 is 1.47 bits per heavy atom. The van der Waals surface area contributed by atoms with E-state index in [2.05, 4.69) is 11.9 Å². The first-order valence-electron chi connectivity index (χ1n) is 4.57. The minimum Gasteiger partial charge on any atom is -0.504 e. The summed E-state index contributed by atoms with van der Waals surface area (Å²) in [6, 6.07) is 4.26. The molecule has 0 aliphatic rings. The van der Waals surface area contributed by atoms with Crippen LogP contribution in [0.4, 0.5) is 0 Å². The minimum atomic E-state index is -0.412. The summed E-state index contributed by atoms with van der Waals surface area (Å²) in [4.78, 5) is 11.5. The number of aromatic hydroxyl groups is 2. The molecule has 0 aliphatic carbocycles. The minimum absolute atomic E-state index is 0.0686. The largest absolute Gasteiger partial charge is 0.504 e. The first-order valence-corrected chi connectivity index (χ1v) is 4.57. The Hall–Kier alpha value is -1.97. The molecule has 0 unspecified atom stereocenters. The molecule has 15 heavy (non-hydrogen) atoms. The normalized spacial score (nSPS) is 9.60. The Bertz CT molecular complexity index is 374. The molecule has 4 heteroatoms. The van der Waals surface area contributed by atoms with Crippen molar-refractivity contribution in [3.05, 3.63) is 36.4 Å². The molecular weight excluding hydrogens is 194 g/mol. The lowest BCUT2D eigenvalue weighted by Gasteiger charge is -2.06. The van der Waals surface area contributed by atoms with Crippen molar-refractivity contribution in [2.75, 3.05) is 6.54 Å². The van der Waals surface area contributed by atoms with Crippen molar-refractivity contribution in [1.29, 1.82) is 0 Å². The van der Waals surface area contributed by atoms with E-state index in [0.717, 1.165) is 0 Å². The Labute approximate surface area is 87.9 Å². The van der Waals surface area contributed by atoms with E-state index in [0.29, 0.717) is 13.0 Å². The monoisotopic (exact) mass is 207 g/mol. The standard InChI is InChI=1S/C11H13NO3/c1-2-3-7-12-11(15)8-5-4-6-9(13)10(8)14/h2,4-6,13-14H,1,3,7H2,(H,12,15). The van der Waals surface area contributed by atoms with Gasteiger partial charge in [-0.05, 0) is 18.6 Å². The maximum atomic E-state index is 11.5. The van der Waals surface area contributed by atoms with Crippen LogP contribution in [-0.2, 0) is 0 Å². The Morgan fingerprint density at radius 2 is 2.20 bits per heavy atom. The molecule has 0 spiro atoms. The second-order valence-electron chi connectivity index (χ2n) is 3.01. The van der Waals surface area contributed by atoms with Crippen LogP contribution in [0.5, 0.6) is 11.5 Å². The number of hydrogen-bond acceptors (Lipinski definition) is 3. The second-order valence-corrected chi connectivity index (χ2v) is 3.01. The van der Waals surface area contributed by atoms with Gasteiger partial charge in [0.1, 0.15) is 0 Å². The fourth-order valence-electron chi connectivity index (χ4n) is 1.10. The molecule has 0 fully saturated rings. The van der Waals surface area contributed by atoms with Gasteiger partial charge in [0, 0.05) is 6.54 Å². The third-order valence-electron chi connectivity index (χ3n) is 1.89. The van der Waals surface area contributed by atoms with Gasteiger partial charge in [-0.25, -0.2) is 0 Å². The van der Waals surface area contributed by atoms with E-state index in [-0.39, 0.29) is 11.3 Å². The van der Waals surface area contributed by atoms with Crippen LogP contribution in [0.1, 0.15) is 16.8 Å². The highest BCUT2D eigenvalue weighted by Gasteiger charge is 2.12. The van der Waals surface area contributed by atoms with Crippen molar-refractivity contribution < 1.29 is 15.0 Å². The summed E-state index contributed by atoms with van der Waals surface area (Å²) >= 11 is 0. The summed E-state index contributed by atoms with van der Waals surface area (Å²) < 4.78 is 0. The third-order valence-corrected chi connectivity index (χ3v) is 1.89. The van der Waals surface area contributed by atoms with Crippen molar-refractivity contribution >= 4 is 5.91 Å². The van der Waals surface area contributed by atoms with Crippen LogP contribution in [0, 0.1) is 0 Å². The Kier molecular flexibility index (Phi) is 3.74. The molecule has 1 aromatic rings. The number of rotatable bonds is 4. The van der Waals surface area contributed by atoms with Crippen LogP contribution in [0.25, 0.3) is 0 Å². The highest BCUT2D eigenvalue weighted by atomic mass is 16.3. The molecule has 1 amide bonds. The smallest absolute Gasteiger partial charge is 0.255 e. The molecule has 0 heterocycles. The molecule has 4 nitrogen and oxygen atoms in total. The fraction of sp³-hybridized carbons (Fsp3) is 0.182. The summed E-state index contributed by atoms with van der Waals surface area (Å²) in [6.07, 6.45) is 2.34. The summed E-state index contributed by atoms with van der Waals surface area (Å²) in [7, 11) is 0. The third kappa shape index (κ3) is 2.74. The fourth-order valence-corrected chi connectivity index (χ4v) is 1.10. The van der Waals surface area contributed by atoms with Crippen LogP contribution >= 0.6 is 0 Å². The van der Waals surface area contributed by atoms with Crippen molar-refractivity contribution in [3.63, 3.8) is 0 Å². The zero-order valence-electron chi connectivity index (χ0n) is 8.23. The lowest BCUT2D eigenvalue weighted by molar-refractivity contribution is 0.0951. The first-order chi connectivity index (χ1) is 7.16. The molecule has 3 N–H and O–H groups in total. The zero-order valence-corrected chi connectivity index (χ0v) is 8.23. The lowest BCUT2D eigenvalue weighted by Crippen LogP contribution is -2.24. The summed E-state index contributed by atoms with van der Waals surface area (Å²) in [5.74, 6) is -1.11. The molecule has 0 aromatic heterocycles. The molecule has 0 saturated carbocycles. The van der Waals surface area contributed by atoms with Crippen LogP contribution < -0.4 is 5.32 Å². The average Bonchev–Trinajstić information content (AvgIpc) is 2.22. The molecule has 1 aromatic carbocycles. The summed E-state index contributed by atoms with van der Waals surface area (Å²) in [5.41, 5.74) is 0.0686. The van der Waals surface area contributed by atoms with Gasteiger partial charge in [-0.2, -0.15) is 0 Å². The predicted molar refractivity (Wildman–Crippen MR) is 56.9 cm³/mol. The summed E-state index contributed by atoms with van der Waals surface area (Å²) in [5, 5.41) is 21.2. The predicted octanol–water partition coefficient (Wildman–Crippen LogP) is 1.40. The van der Waals surface area contributed by atoms with Crippen LogP contribution in [-0.4, -0.2) is 22.7 Å². The number of phenolic OH excluding ortho intramolecular Hbond substituents is 2. The molecule has 0 saturated heterocycles. The maximum Gasteiger partial charge on any atom is 0.255 e. The van der Waals surface area contributed by atoms with Gasteiger partial charge in [0.2, 0.25) is 0 Å². The highest BCUT2D eigenvalue weighted by molar-refractivity contribution is 5.97. The van der Waals surface area contributed by atoms with Crippen molar-refractivity contribution in [3.8, 4) is 11.5 Å². The van der Waals surface area contributed by atoms with E-state index in [1.807, 2.05) is 0 Å². The Morgan fingerprint density at radius 3 is 2.87 bits per heavy atom. The van der Waals surface area contributed by atoms with E-state index in [9.17, 15) is 15.0 Å². The number of carbonyl (C=O) groups is 1. The van der Waals surface area contributed by atoms with Gasteiger partial charge < -0.3 is 15.5 Å². The number of carbonyl (C=O) groups excluding carboxylic acids is 1. The molecule has 0 bridgehead atoms. The molecular formula is C11H13NO3. The van der Waals surface area contributed by atoms with E-state index in [4.69, 9.17) is 0 Å². The second kappa shape index (κ2) is 5.05. The van der Waals surface area contributed by atoms with E-state index >= 15 is 0 Å². The van der Waals surface area contributed by atoms with Crippen molar-refractivity contribution in [1.82, 2.24) is 5.32 Å². The molecule has 0 radical (unpaired) electrons. The van der Waals surface area contributed by atoms with Crippen LogP contribution in [0.2, 0.25) is 0 Å². The van der Waals surface area contributed by atoms with Crippen molar-refractivity contribution in [2.24, 2.45) is 0 Å². The maximum absolute atomic E-state index is 11.5.